The fraction of sp³-hybridized carbons (Fsp3) is 0.333. The van der Waals surface area contributed by atoms with E-state index in [2.05, 4.69) is 32.7 Å². The van der Waals surface area contributed by atoms with E-state index in [9.17, 15) is 4.39 Å². The number of anilines is 3. The van der Waals surface area contributed by atoms with Crippen molar-refractivity contribution in [3.8, 4) is 11.4 Å². The molecule has 10 heteroatoms. The van der Waals surface area contributed by atoms with Gasteiger partial charge in [0.2, 0.25) is 5.95 Å². The molecule has 9 nitrogen and oxygen atoms in total. The van der Waals surface area contributed by atoms with Crippen LogP contribution in [0.2, 0.25) is 0 Å². The average Bonchev–Trinajstić information content (AvgIpc) is 3.51. The van der Waals surface area contributed by atoms with E-state index in [0.717, 1.165) is 66.5 Å². The second kappa shape index (κ2) is 9.78. The molecule has 0 fully saturated rings. The molecule has 1 unspecified atom stereocenters. The molecule has 1 atom stereocenters. The number of aryl methyl sites for hydroxylation is 1. The van der Waals surface area contributed by atoms with Gasteiger partial charge >= 0.3 is 0 Å². The first-order valence-corrected chi connectivity index (χ1v) is 12.5. The molecule has 4 aromatic rings. The predicted octanol–water partition coefficient (Wildman–Crippen LogP) is 4.06. The van der Waals surface area contributed by atoms with E-state index in [1.54, 1.807) is 11.0 Å². The van der Waals surface area contributed by atoms with Crippen LogP contribution >= 0.6 is 0 Å². The number of rotatable bonds is 2. The summed E-state index contributed by atoms with van der Waals surface area (Å²) in [6.07, 6.45) is 3.48. The number of fused-ring (bicyclic) bond motifs is 6. The van der Waals surface area contributed by atoms with E-state index in [4.69, 9.17) is 14.7 Å². The minimum absolute atomic E-state index is 0.0954. The Hall–Kier alpha value is -4.05. The molecule has 2 aromatic carbocycles. The number of nitrogens with one attached hydrogen (secondary N) is 2. The fourth-order valence-corrected chi connectivity index (χ4v) is 4.96. The number of ether oxygens (including phenoxy) is 1. The van der Waals surface area contributed by atoms with Gasteiger partial charge in [-0.2, -0.15) is 10.1 Å². The standard InChI is InChI=1S/C27H29FN8O/c1-17-30-16-36(34-17)23-10-7-20-15-24(23)37-14-13-35(2)12-11-29-26-22-9-8-21(18-3-5-19(28)6-4-18)25(22)32-27(31-20)33-26/h3-7,10,15-16,21H,8-9,11-14H2,1-2H3,(H2,29,31,32,33). The van der Waals surface area contributed by atoms with Crippen LogP contribution in [0.1, 0.15) is 35.0 Å². The molecule has 6 rings (SSSR count). The summed E-state index contributed by atoms with van der Waals surface area (Å²) in [4.78, 5) is 16.3. The average molecular weight is 501 g/mol. The van der Waals surface area contributed by atoms with Gasteiger partial charge in [0.25, 0.3) is 0 Å². The van der Waals surface area contributed by atoms with Crippen molar-refractivity contribution >= 4 is 17.5 Å². The molecule has 2 N–H and O–H groups in total. The third-order valence-electron chi connectivity index (χ3n) is 6.91. The van der Waals surface area contributed by atoms with E-state index in [1.807, 2.05) is 37.3 Å². The fourth-order valence-electron chi connectivity index (χ4n) is 4.96. The number of hydrogen-bond donors (Lipinski definition) is 2. The summed E-state index contributed by atoms with van der Waals surface area (Å²) in [6, 6.07) is 12.6. The molecule has 3 heterocycles. The Morgan fingerprint density at radius 1 is 1.08 bits per heavy atom. The molecule has 0 amide bonds. The molecule has 0 radical (unpaired) electrons. The maximum Gasteiger partial charge on any atom is 0.229 e. The lowest BCUT2D eigenvalue weighted by Crippen LogP contribution is -2.29. The molecule has 4 bridgehead atoms. The summed E-state index contributed by atoms with van der Waals surface area (Å²) in [5, 5.41) is 11.4. The van der Waals surface area contributed by atoms with Crippen molar-refractivity contribution < 1.29 is 9.13 Å². The van der Waals surface area contributed by atoms with Gasteiger partial charge in [-0.05, 0) is 56.6 Å². The Bertz CT molecular complexity index is 1420. The summed E-state index contributed by atoms with van der Waals surface area (Å²) in [7, 11) is 2.08. The Morgan fingerprint density at radius 2 is 1.95 bits per heavy atom. The second-order valence-corrected chi connectivity index (χ2v) is 9.52. The lowest BCUT2D eigenvalue weighted by molar-refractivity contribution is 0.241. The molecular weight excluding hydrogens is 471 g/mol. The summed E-state index contributed by atoms with van der Waals surface area (Å²) in [5.74, 6) is 2.62. The number of aromatic nitrogens is 5. The largest absolute Gasteiger partial charge is 0.490 e. The van der Waals surface area contributed by atoms with Crippen molar-refractivity contribution in [2.24, 2.45) is 0 Å². The molecule has 190 valence electrons. The van der Waals surface area contributed by atoms with Gasteiger partial charge in [0.05, 0.1) is 5.69 Å². The van der Waals surface area contributed by atoms with E-state index in [-0.39, 0.29) is 11.7 Å². The molecule has 0 saturated heterocycles. The first-order chi connectivity index (χ1) is 18.0. The lowest BCUT2D eigenvalue weighted by atomic mass is 9.97. The van der Waals surface area contributed by atoms with Crippen molar-refractivity contribution in [3.63, 3.8) is 0 Å². The smallest absolute Gasteiger partial charge is 0.229 e. The van der Waals surface area contributed by atoms with Gasteiger partial charge in [0.1, 0.15) is 41.8 Å². The highest BCUT2D eigenvalue weighted by Gasteiger charge is 2.30. The molecule has 1 aliphatic heterocycles. The highest BCUT2D eigenvalue weighted by molar-refractivity contribution is 5.64. The van der Waals surface area contributed by atoms with E-state index >= 15 is 0 Å². The number of nitrogens with zero attached hydrogens (tertiary/aromatic N) is 6. The molecule has 0 saturated carbocycles. The van der Waals surface area contributed by atoms with Crippen LogP contribution in [0.5, 0.6) is 5.75 Å². The predicted molar refractivity (Wildman–Crippen MR) is 139 cm³/mol. The van der Waals surface area contributed by atoms with Gasteiger partial charge < -0.3 is 20.3 Å². The first-order valence-electron chi connectivity index (χ1n) is 12.5. The number of likely N-dealkylation sites (N-methyl/N-ethyl adjacent to an activating group) is 1. The maximum absolute atomic E-state index is 13.6. The highest BCUT2D eigenvalue weighted by Crippen LogP contribution is 2.40. The Balaban J connectivity index is 1.40. The monoisotopic (exact) mass is 500 g/mol. The van der Waals surface area contributed by atoms with Crippen LogP contribution in [0.3, 0.4) is 0 Å². The van der Waals surface area contributed by atoms with Gasteiger partial charge in [-0.25, -0.2) is 19.0 Å². The van der Waals surface area contributed by atoms with Crippen LogP contribution in [0.4, 0.5) is 21.8 Å². The van der Waals surface area contributed by atoms with Crippen LogP contribution in [-0.4, -0.2) is 62.9 Å². The van der Waals surface area contributed by atoms with Crippen molar-refractivity contribution in [1.29, 1.82) is 0 Å². The van der Waals surface area contributed by atoms with Crippen molar-refractivity contribution in [2.75, 3.05) is 43.9 Å². The van der Waals surface area contributed by atoms with E-state index in [1.165, 1.54) is 12.1 Å². The minimum Gasteiger partial charge on any atom is -0.490 e. The molecular formula is C27H29FN8O. The van der Waals surface area contributed by atoms with Crippen LogP contribution in [0, 0.1) is 12.7 Å². The third-order valence-corrected chi connectivity index (χ3v) is 6.91. The topological polar surface area (TPSA) is 93.0 Å². The summed E-state index contributed by atoms with van der Waals surface area (Å²) in [6.45, 7) is 4.75. The van der Waals surface area contributed by atoms with Gasteiger partial charge in [-0.1, -0.05) is 12.1 Å². The highest BCUT2D eigenvalue weighted by atomic mass is 19.1. The third kappa shape index (κ3) is 4.84. The van der Waals surface area contributed by atoms with Crippen molar-refractivity contribution in [3.05, 3.63) is 77.3 Å². The van der Waals surface area contributed by atoms with Crippen LogP contribution in [-0.2, 0) is 6.42 Å². The van der Waals surface area contributed by atoms with Crippen LogP contribution in [0.25, 0.3) is 5.69 Å². The van der Waals surface area contributed by atoms with Crippen LogP contribution in [0.15, 0.2) is 48.8 Å². The zero-order valence-corrected chi connectivity index (χ0v) is 20.9. The Morgan fingerprint density at radius 3 is 2.76 bits per heavy atom. The molecule has 37 heavy (non-hydrogen) atoms. The summed E-state index contributed by atoms with van der Waals surface area (Å²) in [5.41, 5.74) is 4.81. The van der Waals surface area contributed by atoms with Gasteiger partial charge in [-0.3, -0.25) is 0 Å². The molecule has 2 aromatic heterocycles. The quantitative estimate of drug-likeness (QED) is 0.426. The molecule has 0 spiro atoms. The van der Waals surface area contributed by atoms with Gasteiger partial charge in [0, 0.05) is 42.9 Å². The van der Waals surface area contributed by atoms with E-state index < -0.39 is 0 Å². The summed E-state index contributed by atoms with van der Waals surface area (Å²) >= 11 is 0. The normalized spacial score (nSPS) is 17.8. The second-order valence-electron chi connectivity index (χ2n) is 9.52. The Labute approximate surface area is 214 Å². The SMILES string of the molecule is Cc1ncn(-c2ccc3cc2OCCN(C)CCNc2nc(nc4c2CCC4c2ccc(F)cc2)N3)n1. The van der Waals surface area contributed by atoms with Gasteiger partial charge in [0.15, 0.2) is 0 Å². The van der Waals surface area contributed by atoms with Crippen LogP contribution < -0.4 is 15.4 Å². The molecule has 2 aliphatic rings. The number of hydrogen-bond acceptors (Lipinski definition) is 8. The van der Waals surface area contributed by atoms with E-state index in [0.29, 0.717) is 24.1 Å². The zero-order chi connectivity index (χ0) is 25.4. The van der Waals surface area contributed by atoms with Gasteiger partial charge in [-0.15, -0.1) is 0 Å². The lowest BCUT2D eigenvalue weighted by Gasteiger charge is -2.21. The zero-order valence-electron chi connectivity index (χ0n) is 20.9. The minimum atomic E-state index is -0.234. The van der Waals surface area contributed by atoms with Crippen molar-refractivity contribution in [1.82, 2.24) is 29.6 Å². The Kier molecular flexibility index (Phi) is 6.17. The number of halogens is 1. The summed E-state index contributed by atoms with van der Waals surface area (Å²) < 4.78 is 21.5. The molecule has 1 aliphatic carbocycles. The number of benzene rings is 2. The first kappa shape index (κ1) is 23.4. The van der Waals surface area contributed by atoms with Crippen molar-refractivity contribution in [2.45, 2.75) is 25.7 Å². The maximum atomic E-state index is 13.6.